The lowest BCUT2D eigenvalue weighted by atomic mass is 10.3. The molecule has 2 aromatic carbocycles. The van der Waals surface area contributed by atoms with E-state index < -0.39 is 4.92 Å². The zero-order valence-corrected chi connectivity index (χ0v) is 12.3. The van der Waals surface area contributed by atoms with Crippen molar-refractivity contribution in [2.24, 2.45) is 0 Å². The number of anilines is 1. The SMILES string of the molecule is O=[N+]([O-])c1ccc2c(c1)nnn2CNc1ccc(Br)cc1. The van der Waals surface area contributed by atoms with Gasteiger partial charge in [0.25, 0.3) is 5.69 Å². The second kappa shape index (κ2) is 5.49. The summed E-state index contributed by atoms with van der Waals surface area (Å²) in [5, 5.41) is 21.9. The lowest BCUT2D eigenvalue weighted by Crippen LogP contribution is -2.09. The van der Waals surface area contributed by atoms with Crippen LogP contribution in [-0.4, -0.2) is 19.9 Å². The first-order chi connectivity index (χ1) is 10.1. The molecular formula is C13H10BrN5O2. The van der Waals surface area contributed by atoms with E-state index in [1.165, 1.54) is 12.1 Å². The third-order valence-electron chi connectivity index (χ3n) is 2.99. The van der Waals surface area contributed by atoms with Crippen LogP contribution in [0.1, 0.15) is 0 Å². The molecule has 7 nitrogen and oxygen atoms in total. The van der Waals surface area contributed by atoms with Gasteiger partial charge in [0.15, 0.2) is 0 Å². The van der Waals surface area contributed by atoms with Gasteiger partial charge >= 0.3 is 0 Å². The van der Waals surface area contributed by atoms with E-state index in [0.29, 0.717) is 12.2 Å². The van der Waals surface area contributed by atoms with Gasteiger partial charge in [-0.25, -0.2) is 4.68 Å². The number of rotatable bonds is 4. The Labute approximate surface area is 127 Å². The highest BCUT2D eigenvalue weighted by Gasteiger charge is 2.10. The van der Waals surface area contributed by atoms with Gasteiger partial charge in [0.1, 0.15) is 12.2 Å². The number of nitro groups is 1. The van der Waals surface area contributed by atoms with Crippen LogP contribution in [0, 0.1) is 10.1 Å². The van der Waals surface area contributed by atoms with E-state index in [0.717, 1.165) is 15.7 Å². The van der Waals surface area contributed by atoms with E-state index in [4.69, 9.17) is 0 Å². The fourth-order valence-electron chi connectivity index (χ4n) is 1.92. The summed E-state index contributed by atoms with van der Waals surface area (Å²) >= 11 is 3.38. The number of aromatic nitrogens is 3. The van der Waals surface area contributed by atoms with Crippen molar-refractivity contribution in [2.45, 2.75) is 6.67 Å². The molecule has 1 heterocycles. The molecule has 1 aromatic heterocycles. The van der Waals surface area contributed by atoms with Gasteiger partial charge < -0.3 is 5.32 Å². The van der Waals surface area contributed by atoms with Gasteiger partial charge in [0.2, 0.25) is 0 Å². The maximum atomic E-state index is 10.7. The number of hydrogen-bond acceptors (Lipinski definition) is 5. The van der Waals surface area contributed by atoms with Gasteiger partial charge in [-0.05, 0) is 30.3 Å². The summed E-state index contributed by atoms with van der Waals surface area (Å²) in [5.74, 6) is 0. The maximum Gasteiger partial charge on any atom is 0.271 e. The predicted molar refractivity (Wildman–Crippen MR) is 81.9 cm³/mol. The Bertz CT molecular complexity index is 800. The molecule has 106 valence electrons. The number of nitrogens with one attached hydrogen (secondary N) is 1. The average molecular weight is 348 g/mol. The molecular weight excluding hydrogens is 338 g/mol. The minimum atomic E-state index is -0.446. The van der Waals surface area contributed by atoms with Crippen molar-refractivity contribution in [3.8, 4) is 0 Å². The fraction of sp³-hybridized carbons (Fsp3) is 0.0769. The van der Waals surface area contributed by atoms with E-state index in [1.807, 2.05) is 24.3 Å². The number of nitro benzene ring substituents is 1. The number of benzene rings is 2. The Kier molecular flexibility index (Phi) is 3.53. The molecule has 0 aliphatic carbocycles. The second-order valence-corrected chi connectivity index (χ2v) is 5.28. The second-order valence-electron chi connectivity index (χ2n) is 4.36. The van der Waals surface area contributed by atoms with Gasteiger partial charge in [-0.2, -0.15) is 0 Å². The van der Waals surface area contributed by atoms with E-state index in [1.54, 1.807) is 10.7 Å². The van der Waals surface area contributed by atoms with Gasteiger partial charge in [0, 0.05) is 22.3 Å². The van der Waals surface area contributed by atoms with Crippen LogP contribution in [0.15, 0.2) is 46.9 Å². The minimum absolute atomic E-state index is 0.00965. The normalized spacial score (nSPS) is 10.7. The number of fused-ring (bicyclic) bond motifs is 1. The summed E-state index contributed by atoms with van der Waals surface area (Å²) in [6, 6.07) is 12.3. The fourth-order valence-corrected chi connectivity index (χ4v) is 2.19. The lowest BCUT2D eigenvalue weighted by molar-refractivity contribution is -0.384. The van der Waals surface area contributed by atoms with Crippen molar-refractivity contribution in [1.29, 1.82) is 0 Å². The highest BCUT2D eigenvalue weighted by Crippen LogP contribution is 2.19. The van der Waals surface area contributed by atoms with E-state index in [2.05, 4.69) is 31.6 Å². The first-order valence-electron chi connectivity index (χ1n) is 6.10. The molecule has 0 spiro atoms. The monoisotopic (exact) mass is 347 g/mol. The van der Waals surface area contributed by atoms with Crippen LogP contribution in [0.3, 0.4) is 0 Å². The van der Waals surface area contributed by atoms with Gasteiger partial charge in [-0.1, -0.05) is 21.1 Å². The van der Waals surface area contributed by atoms with Crippen molar-refractivity contribution in [3.05, 3.63) is 57.1 Å². The van der Waals surface area contributed by atoms with Crippen LogP contribution >= 0.6 is 15.9 Å². The maximum absolute atomic E-state index is 10.7. The Balaban J connectivity index is 1.81. The predicted octanol–water partition coefficient (Wildman–Crippen LogP) is 3.17. The number of halogens is 1. The Morgan fingerprint density at radius 2 is 2.00 bits per heavy atom. The first kappa shape index (κ1) is 13.5. The standard InChI is InChI=1S/C13H10BrN5O2/c14-9-1-3-10(4-2-9)15-8-18-13-6-5-11(19(20)21)7-12(13)16-17-18/h1-7,15H,8H2. The van der Waals surface area contributed by atoms with E-state index >= 15 is 0 Å². The van der Waals surface area contributed by atoms with Crippen LogP contribution in [-0.2, 0) is 6.67 Å². The van der Waals surface area contributed by atoms with Gasteiger partial charge in [-0.3, -0.25) is 10.1 Å². The van der Waals surface area contributed by atoms with Crippen LogP contribution in [0.4, 0.5) is 11.4 Å². The van der Waals surface area contributed by atoms with Crippen LogP contribution in [0.25, 0.3) is 11.0 Å². The van der Waals surface area contributed by atoms with Crippen molar-refractivity contribution in [2.75, 3.05) is 5.32 Å². The summed E-state index contributed by atoms with van der Waals surface area (Å²) in [6.07, 6.45) is 0. The molecule has 0 radical (unpaired) electrons. The van der Waals surface area contributed by atoms with Crippen LogP contribution in [0.5, 0.6) is 0 Å². The largest absolute Gasteiger partial charge is 0.366 e. The van der Waals surface area contributed by atoms with Crippen molar-refractivity contribution in [3.63, 3.8) is 0 Å². The summed E-state index contributed by atoms with van der Waals surface area (Å²) in [6.45, 7) is 0.427. The molecule has 8 heteroatoms. The Morgan fingerprint density at radius 1 is 1.24 bits per heavy atom. The number of nitrogens with zero attached hydrogens (tertiary/aromatic N) is 4. The molecule has 0 saturated heterocycles. The quantitative estimate of drug-likeness (QED) is 0.578. The topological polar surface area (TPSA) is 85.9 Å². The Morgan fingerprint density at radius 3 is 2.71 bits per heavy atom. The summed E-state index contributed by atoms with van der Waals surface area (Å²) < 4.78 is 2.66. The average Bonchev–Trinajstić information content (AvgIpc) is 2.89. The van der Waals surface area contributed by atoms with Crippen molar-refractivity contribution < 1.29 is 4.92 Å². The van der Waals surface area contributed by atoms with E-state index in [-0.39, 0.29) is 5.69 Å². The molecule has 3 rings (SSSR count). The number of hydrogen-bond donors (Lipinski definition) is 1. The number of non-ortho nitro benzene ring substituents is 1. The highest BCUT2D eigenvalue weighted by molar-refractivity contribution is 9.10. The summed E-state index contributed by atoms with van der Waals surface area (Å²) in [5.41, 5.74) is 2.20. The zero-order chi connectivity index (χ0) is 14.8. The minimum Gasteiger partial charge on any atom is -0.366 e. The third-order valence-corrected chi connectivity index (χ3v) is 3.51. The molecule has 0 aliphatic rings. The molecule has 21 heavy (non-hydrogen) atoms. The van der Waals surface area contributed by atoms with Gasteiger partial charge in [0.05, 0.1) is 10.4 Å². The molecule has 0 fully saturated rings. The zero-order valence-electron chi connectivity index (χ0n) is 10.7. The Hall–Kier alpha value is -2.48. The molecule has 1 N–H and O–H groups in total. The molecule has 3 aromatic rings. The van der Waals surface area contributed by atoms with Crippen molar-refractivity contribution in [1.82, 2.24) is 15.0 Å². The highest BCUT2D eigenvalue weighted by atomic mass is 79.9. The molecule has 0 saturated carbocycles. The molecule has 0 unspecified atom stereocenters. The lowest BCUT2D eigenvalue weighted by Gasteiger charge is -2.06. The molecule has 0 atom stereocenters. The van der Waals surface area contributed by atoms with E-state index in [9.17, 15) is 10.1 Å². The van der Waals surface area contributed by atoms with Crippen LogP contribution in [0.2, 0.25) is 0 Å². The van der Waals surface area contributed by atoms with Crippen LogP contribution < -0.4 is 5.32 Å². The summed E-state index contributed by atoms with van der Waals surface area (Å²) in [4.78, 5) is 10.3. The molecule has 0 amide bonds. The van der Waals surface area contributed by atoms with Crippen molar-refractivity contribution >= 4 is 38.3 Å². The first-order valence-corrected chi connectivity index (χ1v) is 6.90. The van der Waals surface area contributed by atoms with Gasteiger partial charge in [-0.15, -0.1) is 5.10 Å². The summed E-state index contributed by atoms with van der Waals surface area (Å²) in [7, 11) is 0. The molecule has 0 aliphatic heterocycles. The third kappa shape index (κ3) is 2.84. The smallest absolute Gasteiger partial charge is 0.271 e. The molecule has 0 bridgehead atoms.